The van der Waals surface area contributed by atoms with Gasteiger partial charge in [0, 0.05) is 6.07 Å². The first kappa shape index (κ1) is 16.4. The lowest BCUT2D eigenvalue weighted by Gasteiger charge is -2.29. The fourth-order valence-electron chi connectivity index (χ4n) is 2.48. The average molecular weight is 312 g/mol. The third-order valence-electron chi connectivity index (χ3n) is 3.69. The van der Waals surface area contributed by atoms with Gasteiger partial charge >= 0.3 is 5.97 Å². The van der Waals surface area contributed by atoms with Gasteiger partial charge in [-0.25, -0.2) is 8.78 Å². The Morgan fingerprint density at radius 3 is 2.59 bits per heavy atom. The predicted molar refractivity (Wildman–Crippen MR) is 76.2 cm³/mol. The molecule has 0 atom stereocenters. The predicted octanol–water partition coefficient (Wildman–Crippen LogP) is 1.79. The highest BCUT2D eigenvalue weighted by Crippen LogP contribution is 2.19. The number of amides is 1. The number of methoxy groups -OCH3 is 1. The molecule has 1 fully saturated rings. The van der Waals surface area contributed by atoms with Crippen molar-refractivity contribution in [2.75, 3.05) is 32.1 Å². The van der Waals surface area contributed by atoms with Crippen molar-refractivity contribution in [3.63, 3.8) is 0 Å². The zero-order valence-corrected chi connectivity index (χ0v) is 12.3. The minimum absolute atomic E-state index is 0.0455. The molecule has 1 saturated heterocycles. The van der Waals surface area contributed by atoms with Crippen LogP contribution in [-0.2, 0) is 14.3 Å². The molecule has 1 N–H and O–H groups in total. The maximum Gasteiger partial charge on any atom is 0.308 e. The normalized spacial score (nSPS) is 16.3. The van der Waals surface area contributed by atoms with Crippen LogP contribution in [0, 0.1) is 17.6 Å². The van der Waals surface area contributed by atoms with Gasteiger partial charge in [-0.05, 0) is 38.1 Å². The number of nitrogens with zero attached hydrogens (tertiary/aromatic N) is 1. The Labute approximate surface area is 127 Å². The topological polar surface area (TPSA) is 58.6 Å². The van der Waals surface area contributed by atoms with Gasteiger partial charge in [0.05, 0.1) is 25.3 Å². The van der Waals surface area contributed by atoms with Gasteiger partial charge in [0.15, 0.2) is 0 Å². The molecule has 1 aliphatic heterocycles. The lowest BCUT2D eigenvalue weighted by atomic mass is 9.97. The number of ether oxygens (including phenoxy) is 1. The quantitative estimate of drug-likeness (QED) is 0.861. The van der Waals surface area contributed by atoms with Crippen LogP contribution in [0.15, 0.2) is 18.2 Å². The molecule has 0 bridgehead atoms. The molecule has 5 nitrogen and oxygen atoms in total. The van der Waals surface area contributed by atoms with Crippen LogP contribution < -0.4 is 5.32 Å². The van der Waals surface area contributed by atoms with Crippen molar-refractivity contribution in [1.29, 1.82) is 0 Å². The number of nitrogens with one attached hydrogen (secondary N) is 1. The number of carbonyl (C=O) groups is 2. The lowest BCUT2D eigenvalue weighted by Crippen LogP contribution is -2.41. The van der Waals surface area contributed by atoms with Crippen molar-refractivity contribution in [3.05, 3.63) is 29.8 Å². The molecule has 0 radical (unpaired) electrons. The highest BCUT2D eigenvalue weighted by atomic mass is 19.1. The zero-order valence-electron chi connectivity index (χ0n) is 12.3. The van der Waals surface area contributed by atoms with E-state index in [-0.39, 0.29) is 30.0 Å². The Morgan fingerprint density at radius 1 is 1.32 bits per heavy atom. The molecule has 0 aromatic heterocycles. The minimum Gasteiger partial charge on any atom is -0.469 e. The number of anilines is 1. The Balaban J connectivity index is 1.82. The molecule has 120 valence electrons. The van der Waals surface area contributed by atoms with Crippen LogP contribution in [0.1, 0.15) is 12.8 Å². The zero-order chi connectivity index (χ0) is 16.1. The number of hydrogen-bond acceptors (Lipinski definition) is 4. The van der Waals surface area contributed by atoms with E-state index in [1.165, 1.54) is 13.2 Å². The van der Waals surface area contributed by atoms with Crippen LogP contribution in [0.25, 0.3) is 0 Å². The first-order valence-corrected chi connectivity index (χ1v) is 7.04. The van der Waals surface area contributed by atoms with Crippen LogP contribution in [-0.4, -0.2) is 43.5 Å². The van der Waals surface area contributed by atoms with E-state index in [0.29, 0.717) is 25.9 Å². The van der Waals surface area contributed by atoms with Crippen molar-refractivity contribution >= 4 is 17.6 Å². The molecule has 1 aromatic carbocycles. The number of halogens is 2. The van der Waals surface area contributed by atoms with Crippen molar-refractivity contribution < 1.29 is 23.1 Å². The van der Waals surface area contributed by atoms with Gasteiger partial charge in [-0.3, -0.25) is 14.5 Å². The van der Waals surface area contributed by atoms with Gasteiger partial charge in [-0.2, -0.15) is 0 Å². The summed E-state index contributed by atoms with van der Waals surface area (Å²) < 4.78 is 30.9. The molecule has 22 heavy (non-hydrogen) atoms. The Morgan fingerprint density at radius 2 is 2.00 bits per heavy atom. The molecular formula is C15H18F2N2O3. The second-order valence-electron chi connectivity index (χ2n) is 5.25. The third kappa shape index (κ3) is 4.24. The number of carbonyl (C=O) groups excluding carboxylic acids is 2. The Hall–Kier alpha value is -2.02. The first-order chi connectivity index (χ1) is 10.5. The fourth-order valence-corrected chi connectivity index (χ4v) is 2.48. The van der Waals surface area contributed by atoms with E-state index in [1.54, 1.807) is 0 Å². The van der Waals surface area contributed by atoms with Crippen molar-refractivity contribution in [3.8, 4) is 0 Å². The summed E-state index contributed by atoms with van der Waals surface area (Å²) in [6, 6.07) is 2.99. The summed E-state index contributed by atoms with van der Waals surface area (Å²) in [5.41, 5.74) is -0.0455. The van der Waals surface area contributed by atoms with Crippen molar-refractivity contribution in [2.45, 2.75) is 12.8 Å². The van der Waals surface area contributed by atoms with E-state index in [4.69, 9.17) is 4.74 Å². The summed E-state index contributed by atoms with van der Waals surface area (Å²) in [4.78, 5) is 25.2. The molecule has 7 heteroatoms. The summed E-state index contributed by atoms with van der Waals surface area (Å²) in [6.07, 6.45) is 1.26. The first-order valence-electron chi connectivity index (χ1n) is 7.04. The standard InChI is InChI=1S/C15H18F2N2O3/c1-22-15(21)10-4-6-19(7-5-10)9-14(20)18-13-3-2-11(16)8-12(13)17/h2-3,8,10H,4-7,9H2,1H3,(H,18,20). The molecule has 0 saturated carbocycles. The number of rotatable bonds is 4. The van der Waals surface area contributed by atoms with E-state index < -0.39 is 11.6 Å². The van der Waals surface area contributed by atoms with Gasteiger partial charge in [-0.15, -0.1) is 0 Å². The number of likely N-dealkylation sites (tertiary alicyclic amines) is 1. The van der Waals surface area contributed by atoms with Crippen LogP contribution in [0.4, 0.5) is 14.5 Å². The van der Waals surface area contributed by atoms with Gasteiger partial charge in [0.25, 0.3) is 0 Å². The van der Waals surface area contributed by atoms with Crippen LogP contribution in [0.5, 0.6) is 0 Å². The summed E-state index contributed by atoms with van der Waals surface area (Å²) in [6.45, 7) is 1.29. The minimum atomic E-state index is -0.808. The van der Waals surface area contributed by atoms with Crippen LogP contribution >= 0.6 is 0 Å². The smallest absolute Gasteiger partial charge is 0.308 e. The van der Waals surface area contributed by atoms with E-state index in [2.05, 4.69) is 5.32 Å². The second-order valence-corrected chi connectivity index (χ2v) is 5.25. The molecule has 0 aliphatic carbocycles. The van der Waals surface area contributed by atoms with E-state index in [1.807, 2.05) is 4.90 Å². The Bertz CT molecular complexity index is 558. The van der Waals surface area contributed by atoms with E-state index >= 15 is 0 Å². The molecular weight excluding hydrogens is 294 g/mol. The van der Waals surface area contributed by atoms with Gasteiger partial charge in [0.1, 0.15) is 11.6 Å². The molecule has 1 aliphatic rings. The maximum absolute atomic E-state index is 13.4. The highest BCUT2D eigenvalue weighted by Gasteiger charge is 2.26. The number of esters is 1. The molecule has 1 amide bonds. The van der Waals surface area contributed by atoms with Crippen molar-refractivity contribution in [2.24, 2.45) is 5.92 Å². The summed E-state index contributed by atoms with van der Waals surface area (Å²) in [5, 5.41) is 2.42. The van der Waals surface area contributed by atoms with Gasteiger partial charge < -0.3 is 10.1 Å². The second kappa shape index (κ2) is 7.31. The van der Waals surface area contributed by atoms with Crippen LogP contribution in [0.3, 0.4) is 0 Å². The van der Waals surface area contributed by atoms with Gasteiger partial charge in [0.2, 0.25) is 5.91 Å². The monoisotopic (exact) mass is 312 g/mol. The molecule has 1 aromatic rings. The summed E-state index contributed by atoms with van der Waals surface area (Å²) in [7, 11) is 1.36. The summed E-state index contributed by atoms with van der Waals surface area (Å²) >= 11 is 0. The molecule has 2 rings (SSSR count). The van der Waals surface area contributed by atoms with Crippen LogP contribution in [0.2, 0.25) is 0 Å². The highest BCUT2D eigenvalue weighted by molar-refractivity contribution is 5.92. The van der Waals surface area contributed by atoms with Gasteiger partial charge in [-0.1, -0.05) is 0 Å². The van der Waals surface area contributed by atoms with Crippen molar-refractivity contribution in [1.82, 2.24) is 4.90 Å². The maximum atomic E-state index is 13.4. The average Bonchev–Trinajstić information content (AvgIpc) is 2.50. The Kier molecular flexibility index (Phi) is 5.43. The number of hydrogen-bond donors (Lipinski definition) is 1. The fraction of sp³-hybridized carbons (Fsp3) is 0.467. The number of piperidine rings is 1. The largest absolute Gasteiger partial charge is 0.469 e. The lowest BCUT2D eigenvalue weighted by molar-refractivity contribution is -0.147. The van der Waals surface area contributed by atoms with E-state index in [0.717, 1.165) is 12.1 Å². The number of benzene rings is 1. The molecule has 0 unspecified atom stereocenters. The molecule has 1 heterocycles. The summed E-state index contributed by atoms with van der Waals surface area (Å²) in [5.74, 6) is -2.23. The van der Waals surface area contributed by atoms with E-state index in [9.17, 15) is 18.4 Å². The molecule has 0 spiro atoms. The SMILES string of the molecule is COC(=O)C1CCN(CC(=O)Nc2ccc(F)cc2F)CC1. The third-order valence-corrected chi connectivity index (χ3v) is 3.69.